The summed E-state index contributed by atoms with van der Waals surface area (Å²) in [4.78, 5) is 0.298. The van der Waals surface area contributed by atoms with Crippen LogP contribution in [0.5, 0.6) is 0 Å². The van der Waals surface area contributed by atoms with E-state index < -0.39 is 10.0 Å². The van der Waals surface area contributed by atoms with Crippen LogP contribution >= 0.6 is 0 Å². The van der Waals surface area contributed by atoms with Gasteiger partial charge in [0.15, 0.2) is 0 Å². The Morgan fingerprint density at radius 2 is 2.00 bits per heavy atom. The van der Waals surface area contributed by atoms with Crippen LogP contribution in [0.15, 0.2) is 29.2 Å². The molecule has 0 saturated carbocycles. The lowest BCUT2D eigenvalue weighted by Gasteiger charge is -2.17. The van der Waals surface area contributed by atoms with Gasteiger partial charge in [0.05, 0.1) is 11.0 Å². The van der Waals surface area contributed by atoms with Crippen molar-refractivity contribution in [2.24, 2.45) is 0 Å². The molecule has 0 aliphatic carbocycles. The summed E-state index contributed by atoms with van der Waals surface area (Å²) in [6.45, 7) is 4.63. The zero-order chi connectivity index (χ0) is 16.0. The fourth-order valence-electron chi connectivity index (χ4n) is 1.94. The molecule has 6 heteroatoms. The van der Waals surface area contributed by atoms with E-state index in [9.17, 15) is 13.5 Å². The zero-order valence-electron chi connectivity index (χ0n) is 13.2. The van der Waals surface area contributed by atoms with Crippen molar-refractivity contribution in [3.8, 4) is 0 Å². The number of rotatable bonds is 8. The highest BCUT2D eigenvalue weighted by molar-refractivity contribution is 7.89. The molecule has 1 rings (SSSR count). The van der Waals surface area contributed by atoms with Gasteiger partial charge < -0.3 is 10.4 Å². The van der Waals surface area contributed by atoms with Gasteiger partial charge >= 0.3 is 0 Å². The van der Waals surface area contributed by atoms with Gasteiger partial charge in [-0.15, -0.1) is 0 Å². The van der Waals surface area contributed by atoms with Crippen molar-refractivity contribution >= 4 is 10.0 Å². The summed E-state index contributed by atoms with van der Waals surface area (Å²) in [6, 6.07) is 7.00. The molecular formula is C15H26N2O3S. The Morgan fingerprint density at radius 1 is 1.33 bits per heavy atom. The van der Waals surface area contributed by atoms with Crippen LogP contribution < -0.4 is 5.32 Å². The Labute approximate surface area is 128 Å². The minimum Gasteiger partial charge on any atom is -0.393 e. The first kappa shape index (κ1) is 18.1. The number of hydrogen-bond acceptors (Lipinski definition) is 4. The number of nitrogens with zero attached hydrogens (tertiary/aromatic N) is 1. The highest BCUT2D eigenvalue weighted by Crippen LogP contribution is 2.19. The molecule has 0 amide bonds. The zero-order valence-corrected chi connectivity index (χ0v) is 14.0. The van der Waals surface area contributed by atoms with Gasteiger partial charge in [-0.05, 0) is 44.0 Å². The maximum Gasteiger partial charge on any atom is 0.242 e. The third kappa shape index (κ3) is 5.07. The van der Waals surface area contributed by atoms with E-state index >= 15 is 0 Å². The maximum atomic E-state index is 12.1. The van der Waals surface area contributed by atoms with Crippen LogP contribution in [0.1, 0.15) is 38.3 Å². The fraction of sp³-hybridized carbons (Fsp3) is 0.600. The molecule has 0 radical (unpaired) electrons. The van der Waals surface area contributed by atoms with Gasteiger partial charge in [-0.3, -0.25) is 0 Å². The molecule has 120 valence electrons. The monoisotopic (exact) mass is 314 g/mol. The van der Waals surface area contributed by atoms with Crippen molar-refractivity contribution in [1.29, 1.82) is 0 Å². The molecule has 0 spiro atoms. The molecule has 0 bridgehead atoms. The molecule has 2 atom stereocenters. The third-order valence-corrected chi connectivity index (χ3v) is 5.35. The fourth-order valence-corrected chi connectivity index (χ4v) is 2.90. The normalized spacial score (nSPS) is 15.1. The van der Waals surface area contributed by atoms with E-state index in [0.29, 0.717) is 17.9 Å². The summed E-state index contributed by atoms with van der Waals surface area (Å²) in [7, 11) is -0.358. The first-order valence-electron chi connectivity index (χ1n) is 7.23. The van der Waals surface area contributed by atoms with E-state index in [4.69, 9.17) is 0 Å². The quantitative estimate of drug-likeness (QED) is 0.767. The number of benzene rings is 1. The SMILES string of the molecule is CCC(O)CCNC(C)c1cccc(S(=O)(=O)N(C)C)c1. The molecule has 0 saturated heterocycles. The van der Waals surface area contributed by atoms with E-state index in [1.54, 1.807) is 18.2 Å². The summed E-state index contributed by atoms with van der Waals surface area (Å²) in [5.74, 6) is 0. The molecule has 0 fully saturated rings. The van der Waals surface area contributed by atoms with Gasteiger partial charge in [0.25, 0.3) is 0 Å². The second-order valence-corrected chi connectivity index (χ2v) is 7.54. The Kier molecular flexibility index (Phi) is 6.80. The van der Waals surface area contributed by atoms with Gasteiger partial charge in [0.2, 0.25) is 10.0 Å². The highest BCUT2D eigenvalue weighted by Gasteiger charge is 2.18. The predicted molar refractivity (Wildman–Crippen MR) is 84.6 cm³/mol. The average Bonchev–Trinajstić information content (AvgIpc) is 2.46. The van der Waals surface area contributed by atoms with E-state index in [2.05, 4.69) is 5.32 Å². The van der Waals surface area contributed by atoms with E-state index in [0.717, 1.165) is 12.0 Å². The summed E-state index contributed by atoms with van der Waals surface area (Å²) in [6.07, 6.45) is 1.15. The Morgan fingerprint density at radius 3 is 2.57 bits per heavy atom. The lowest BCUT2D eigenvalue weighted by atomic mass is 10.1. The van der Waals surface area contributed by atoms with Gasteiger partial charge in [-0.1, -0.05) is 19.1 Å². The minimum absolute atomic E-state index is 0.0337. The Hall–Kier alpha value is -0.950. The standard InChI is InChI=1S/C15H26N2O3S/c1-5-14(18)9-10-16-12(2)13-7-6-8-15(11-13)21(19,20)17(3)4/h6-8,11-12,14,16,18H,5,9-10H2,1-4H3. The molecule has 0 heterocycles. The van der Waals surface area contributed by atoms with Crippen LogP contribution in [0.2, 0.25) is 0 Å². The summed E-state index contributed by atoms with van der Waals surface area (Å²) < 4.78 is 25.5. The number of nitrogens with one attached hydrogen (secondary N) is 1. The molecule has 2 N–H and O–H groups in total. The Bertz CT molecular complexity index is 544. The number of aliphatic hydroxyl groups excluding tert-OH is 1. The van der Waals surface area contributed by atoms with Crippen molar-refractivity contribution in [3.63, 3.8) is 0 Å². The second-order valence-electron chi connectivity index (χ2n) is 5.39. The number of sulfonamides is 1. The highest BCUT2D eigenvalue weighted by atomic mass is 32.2. The topological polar surface area (TPSA) is 69.6 Å². The molecule has 1 aromatic rings. The molecule has 5 nitrogen and oxygen atoms in total. The second kappa shape index (κ2) is 7.89. The number of aliphatic hydroxyl groups is 1. The van der Waals surface area contributed by atoms with Crippen LogP contribution in [0, 0.1) is 0 Å². The van der Waals surface area contributed by atoms with Crippen molar-refractivity contribution in [1.82, 2.24) is 9.62 Å². The van der Waals surface area contributed by atoms with Gasteiger partial charge in [-0.2, -0.15) is 0 Å². The predicted octanol–water partition coefficient (Wildman–Crippen LogP) is 1.75. The van der Waals surface area contributed by atoms with Crippen LogP contribution in [0.3, 0.4) is 0 Å². The first-order chi connectivity index (χ1) is 9.78. The van der Waals surface area contributed by atoms with Crippen molar-refractivity contribution < 1.29 is 13.5 Å². The van der Waals surface area contributed by atoms with E-state index in [-0.39, 0.29) is 12.1 Å². The Balaban J connectivity index is 2.76. The summed E-state index contributed by atoms with van der Waals surface area (Å²) in [5.41, 5.74) is 0.920. The number of hydrogen-bond donors (Lipinski definition) is 2. The van der Waals surface area contributed by atoms with Crippen LogP contribution in [0.25, 0.3) is 0 Å². The molecule has 21 heavy (non-hydrogen) atoms. The van der Waals surface area contributed by atoms with Crippen LogP contribution in [-0.4, -0.2) is 44.6 Å². The molecule has 0 aliphatic heterocycles. The molecule has 0 aromatic heterocycles. The summed E-state index contributed by atoms with van der Waals surface area (Å²) in [5, 5.41) is 12.8. The van der Waals surface area contributed by atoms with Crippen molar-refractivity contribution in [3.05, 3.63) is 29.8 Å². The van der Waals surface area contributed by atoms with E-state index in [1.165, 1.54) is 18.4 Å². The van der Waals surface area contributed by atoms with Crippen LogP contribution in [-0.2, 0) is 10.0 Å². The summed E-state index contributed by atoms with van der Waals surface area (Å²) >= 11 is 0. The average molecular weight is 314 g/mol. The third-order valence-electron chi connectivity index (χ3n) is 3.54. The minimum atomic E-state index is -3.41. The molecule has 2 unspecified atom stereocenters. The van der Waals surface area contributed by atoms with Crippen molar-refractivity contribution in [2.75, 3.05) is 20.6 Å². The van der Waals surface area contributed by atoms with E-state index in [1.807, 2.05) is 19.9 Å². The first-order valence-corrected chi connectivity index (χ1v) is 8.67. The molecule has 1 aromatic carbocycles. The van der Waals surface area contributed by atoms with Gasteiger partial charge in [0.1, 0.15) is 0 Å². The molecule has 0 aliphatic rings. The van der Waals surface area contributed by atoms with Crippen LogP contribution in [0.4, 0.5) is 0 Å². The smallest absolute Gasteiger partial charge is 0.242 e. The maximum absolute atomic E-state index is 12.1. The van der Waals surface area contributed by atoms with Gasteiger partial charge in [-0.25, -0.2) is 12.7 Å². The molecular weight excluding hydrogens is 288 g/mol. The largest absolute Gasteiger partial charge is 0.393 e. The lowest BCUT2D eigenvalue weighted by molar-refractivity contribution is 0.159. The lowest BCUT2D eigenvalue weighted by Crippen LogP contribution is -2.24. The van der Waals surface area contributed by atoms with Gasteiger partial charge in [0, 0.05) is 20.1 Å². The van der Waals surface area contributed by atoms with Crippen molar-refractivity contribution in [2.45, 2.75) is 43.7 Å².